The molecule has 0 aliphatic heterocycles. The first-order valence-electron chi connectivity index (χ1n) is 7.09. The van der Waals surface area contributed by atoms with Gasteiger partial charge in [0.25, 0.3) is 0 Å². The van der Waals surface area contributed by atoms with Crippen molar-refractivity contribution in [2.24, 2.45) is 0 Å². The minimum absolute atomic E-state index is 0.848. The fourth-order valence-electron chi connectivity index (χ4n) is 2.76. The average Bonchev–Trinajstić information content (AvgIpc) is 2.39. The molecule has 1 nitrogen and oxygen atoms in total. The van der Waals surface area contributed by atoms with Crippen LogP contribution < -0.4 is 0 Å². The van der Waals surface area contributed by atoms with Crippen LogP contribution in [0.2, 0.25) is 0 Å². The van der Waals surface area contributed by atoms with Crippen LogP contribution in [0.1, 0.15) is 49.3 Å². The molecule has 1 aromatic carbocycles. The molecule has 0 spiro atoms. The lowest BCUT2D eigenvalue weighted by atomic mass is 9.87. The number of unbranched alkanes of at least 4 members (excludes halogenated alkanes) is 1. The third-order valence-corrected chi connectivity index (χ3v) is 3.68. The standard InChI is InChI=1S/C16H24O/c1-2-17-13-6-5-9-15-11-7-10-14-8-3-4-12-16(14)15/h7,10-11H,2-6,8-9,12-13H2,1H3. The predicted molar refractivity (Wildman–Crippen MR) is 72.5 cm³/mol. The molecule has 1 aliphatic rings. The summed E-state index contributed by atoms with van der Waals surface area (Å²) in [6.07, 6.45) is 9.03. The summed E-state index contributed by atoms with van der Waals surface area (Å²) < 4.78 is 5.38. The maximum Gasteiger partial charge on any atom is 0.0466 e. The molecule has 0 saturated heterocycles. The number of aryl methyl sites for hydroxylation is 2. The number of benzene rings is 1. The van der Waals surface area contributed by atoms with Gasteiger partial charge in [-0.25, -0.2) is 0 Å². The van der Waals surface area contributed by atoms with Gasteiger partial charge in [-0.3, -0.25) is 0 Å². The summed E-state index contributed by atoms with van der Waals surface area (Å²) in [7, 11) is 0. The van der Waals surface area contributed by atoms with Gasteiger partial charge in [0.15, 0.2) is 0 Å². The Bertz CT molecular complexity index is 343. The van der Waals surface area contributed by atoms with Crippen LogP contribution in [0.15, 0.2) is 18.2 Å². The summed E-state index contributed by atoms with van der Waals surface area (Å²) >= 11 is 0. The largest absolute Gasteiger partial charge is 0.382 e. The number of fused-ring (bicyclic) bond motifs is 1. The highest BCUT2D eigenvalue weighted by atomic mass is 16.5. The fourth-order valence-corrected chi connectivity index (χ4v) is 2.76. The van der Waals surface area contributed by atoms with Crippen molar-refractivity contribution in [3.8, 4) is 0 Å². The molecule has 0 N–H and O–H groups in total. The number of rotatable bonds is 6. The van der Waals surface area contributed by atoms with Gasteiger partial charge in [0.05, 0.1) is 0 Å². The molecule has 0 aromatic heterocycles. The third-order valence-electron chi connectivity index (χ3n) is 3.68. The van der Waals surface area contributed by atoms with Gasteiger partial charge in [-0.05, 0) is 68.6 Å². The Balaban J connectivity index is 1.87. The van der Waals surface area contributed by atoms with E-state index in [-0.39, 0.29) is 0 Å². The quantitative estimate of drug-likeness (QED) is 0.675. The zero-order valence-corrected chi connectivity index (χ0v) is 11.0. The van der Waals surface area contributed by atoms with Gasteiger partial charge in [0, 0.05) is 13.2 Å². The molecule has 0 radical (unpaired) electrons. The van der Waals surface area contributed by atoms with Gasteiger partial charge in [0.1, 0.15) is 0 Å². The number of hydrogen-bond acceptors (Lipinski definition) is 1. The summed E-state index contributed by atoms with van der Waals surface area (Å²) in [6.45, 7) is 3.83. The normalized spacial score (nSPS) is 14.6. The lowest BCUT2D eigenvalue weighted by molar-refractivity contribution is 0.143. The summed E-state index contributed by atoms with van der Waals surface area (Å²) in [5.41, 5.74) is 4.87. The smallest absolute Gasteiger partial charge is 0.0466 e. The molecule has 0 bridgehead atoms. The van der Waals surface area contributed by atoms with E-state index >= 15 is 0 Å². The van der Waals surface area contributed by atoms with Crippen molar-refractivity contribution in [2.75, 3.05) is 13.2 Å². The van der Waals surface area contributed by atoms with E-state index in [4.69, 9.17) is 4.74 Å². The van der Waals surface area contributed by atoms with Gasteiger partial charge in [-0.2, -0.15) is 0 Å². The van der Waals surface area contributed by atoms with Crippen LogP contribution in [0.5, 0.6) is 0 Å². The van der Waals surface area contributed by atoms with Crippen molar-refractivity contribution in [3.05, 3.63) is 34.9 Å². The first-order chi connectivity index (χ1) is 8.42. The number of hydrogen-bond donors (Lipinski definition) is 0. The van der Waals surface area contributed by atoms with Crippen LogP contribution in [0, 0.1) is 0 Å². The van der Waals surface area contributed by atoms with Crippen LogP contribution in [-0.2, 0) is 24.0 Å². The molecule has 0 unspecified atom stereocenters. The Morgan fingerprint density at radius 3 is 2.88 bits per heavy atom. The molecular formula is C16H24O. The fraction of sp³-hybridized carbons (Fsp3) is 0.625. The second kappa shape index (κ2) is 6.80. The molecule has 1 aromatic rings. The van der Waals surface area contributed by atoms with Crippen LogP contribution >= 0.6 is 0 Å². The van der Waals surface area contributed by atoms with Gasteiger partial charge in [-0.15, -0.1) is 0 Å². The maximum absolute atomic E-state index is 5.38. The van der Waals surface area contributed by atoms with E-state index in [1.807, 2.05) is 0 Å². The Kier molecular flexibility index (Phi) is 5.06. The minimum atomic E-state index is 0.848. The monoisotopic (exact) mass is 232 g/mol. The Morgan fingerprint density at radius 1 is 1.12 bits per heavy atom. The van der Waals surface area contributed by atoms with Crippen LogP contribution in [-0.4, -0.2) is 13.2 Å². The molecule has 0 amide bonds. The van der Waals surface area contributed by atoms with Crippen molar-refractivity contribution >= 4 is 0 Å². The van der Waals surface area contributed by atoms with Crippen molar-refractivity contribution in [3.63, 3.8) is 0 Å². The highest BCUT2D eigenvalue weighted by Crippen LogP contribution is 2.25. The van der Waals surface area contributed by atoms with Crippen LogP contribution in [0.25, 0.3) is 0 Å². The van der Waals surface area contributed by atoms with Crippen molar-refractivity contribution in [1.29, 1.82) is 0 Å². The molecule has 1 aliphatic carbocycles. The zero-order chi connectivity index (χ0) is 11.9. The van der Waals surface area contributed by atoms with E-state index < -0.39 is 0 Å². The van der Waals surface area contributed by atoms with Gasteiger partial charge in [0.2, 0.25) is 0 Å². The second-order valence-corrected chi connectivity index (χ2v) is 4.92. The molecule has 94 valence electrons. The van der Waals surface area contributed by atoms with E-state index in [1.165, 1.54) is 44.9 Å². The Labute approximate surface area is 105 Å². The Hall–Kier alpha value is -0.820. The van der Waals surface area contributed by atoms with Crippen LogP contribution in [0.4, 0.5) is 0 Å². The van der Waals surface area contributed by atoms with E-state index in [0.717, 1.165) is 13.2 Å². The molecule has 0 heterocycles. The summed E-state index contributed by atoms with van der Waals surface area (Å²) in [6, 6.07) is 6.88. The van der Waals surface area contributed by atoms with Crippen molar-refractivity contribution in [1.82, 2.24) is 0 Å². The molecule has 17 heavy (non-hydrogen) atoms. The minimum Gasteiger partial charge on any atom is -0.382 e. The predicted octanol–water partition coefficient (Wildman–Crippen LogP) is 3.92. The lowest BCUT2D eigenvalue weighted by Gasteiger charge is -2.19. The molecule has 0 fully saturated rings. The van der Waals surface area contributed by atoms with Gasteiger partial charge >= 0.3 is 0 Å². The molecule has 1 heteroatoms. The van der Waals surface area contributed by atoms with Gasteiger partial charge in [-0.1, -0.05) is 18.2 Å². The average molecular weight is 232 g/mol. The number of ether oxygens (including phenoxy) is 1. The van der Waals surface area contributed by atoms with E-state index in [2.05, 4.69) is 25.1 Å². The van der Waals surface area contributed by atoms with Crippen molar-refractivity contribution in [2.45, 2.75) is 51.9 Å². The highest BCUT2D eigenvalue weighted by molar-refractivity contribution is 5.37. The van der Waals surface area contributed by atoms with Crippen molar-refractivity contribution < 1.29 is 4.74 Å². The molecule has 0 atom stereocenters. The van der Waals surface area contributed by atoms with E-state index in [9.17, 15) is 0 Å². The summed E-state index contributed by atoms with van der Waals surface area (Å²) in [4.78, 5) is 0. The molecule has 2 rings (SSSR count). The zero-order valence-electron chi connectivity index (χ0n) is 11.0. The van der Waals surface area contributed by atoms with Crippen LogP contribution in [0.3, 0.4) is 0 Å². The SMILES string of the molecule is CCOCCCCc1cccc2c1CCCC2. The maximum atomic E-state index is 5.38. The second-order valence-electron chi connectivity index (χ2n) is 4.92. The topological polar surface area (TPSA) is 9.23 Å². The van der Waals surface area contributed by atoms with E-state index in [1.54, 1.807) is 16.7 Å². The first-order valence-corrected chi connectivity index (χ1v) is 7.09. The first kappa shape index (κ1) is 12.6. The lowest BCUT2D eigenvalue weighted by Crippen LogP contribution is -2.06. The molecule has 0 saturated carbocycles. The Morgan fingerprint density at radius 2 is 2.00 bits per heavy atom. The highest BCUT2D eigenvalue weighted by Gasteiger charge is 2.12. The van der Waals surface area contributed by atoms with E-state index in [0.29, 0.717) is 0 Å². The third kappa shape index (κ3) is 3.57. The summed E-state index contributed by atoms with van der Waals surface area (Å²) in [5, 5.41) is 0. The van der Waals surface area contributed by atoms with Gasteiger partial charge < -0.3 is 4.74 Å². The molecular weight excluding hydrogens is 208 g/mol. The summed E-state index contributed by atoms with van der Waals surface area (Å²) in [5.74, 6) is 0.